The molecule has 0 spiro atoms. The number of para-hydroxylation sites is 1. The molecule has 2 aromatic carbocycles. The minimum absolute atomic E-state index is 0.0648. The zero-order chi connectivity index (χ0) is 25.1. The molecule has 9 heteroatoms. The highest BCUT2D eigenvalue weighted by molar-refractivity contribution is 6.33. The molecular formula is C27H25ClFN5O2. The molecule has 4 aromatic rings. The number of halogens is 2. The van der Waals surface area contributed by atoms with Crippen molar-refractivity contribution in [3.8, 4) is 17.0 Å². The number of hydrogen-bond donors (Lipinski definition) is 3. The second-order valence-electron chi connectivity index (χ2n) is 8.72. The minimum Gasteiger partial charge on any atom is -0.487 e. The fourth-order valence-electron chi connectivity index (χ4n) is 4.51. The van der Waals surface area contributed by atoms with Gasteiger partial charge in [0.1, 0.15) is 6.10 Å². The van der Waals surface area contributed by atoms with E-state index in [0.29, 0.717) is 28.8 Å². The third-order valence-electron chi connectivity index (χ3n) is 6.23. The summed E-state index contributed by atoms with van der Waals surface area (Å²) < 4.78 is 20.6. The molecule has 2 heterocycles. The number of aromatic amines is 1. The van der Waals surface area contributed by atoms with Gasteiger partial charge >= 0.3 is 0 Å². The van der Waals surface area contributed by atoms with Gasteiger partial charge in [0.15, 0.2) is 11.6 Å². The Labute approximate surface area is 212 Å². The Hall–Kier alpha value is -3.91. The molecule has 2 atom stereocenters. The van der Waals surface area contributed by atoms with Crippen molar-refractivity contribution in [2.45, 2.75) is 37.8 Å². The summed E-state index contributed by atoms with van der Waals surface area (Å²) >= 11 is 6.46. The van der Waals surface area contributed by atoms with E-state index in [-0.39, 0.29) is 17.9 Å². The van der Waals surface area contributed by atoms with Crippen molar-refractivity contribution in [1.82, 2.24) is 15.0 Å². The molecule has 3 N–H and O–H groups in total. The molecule has 36 heavy (non-hydrogen) atoms. The van der Waals surface area contributed by atoms with Crippen molar-refractivity contribution in [2.24, 2.45) is 0 Å². The van der Waals surface area contributed by atoms with Crippen molar-refractivity contribution < 1.29 is 13.9 Å². The predicted octanol–water partition coefficient (Wildman–Crippen LogP) is 6.34. The third kappa shape index (κ3) is 5.18. The van der Waals surface area contributed by atoms with E-state index >= 15 is 0 Å². The number of anilines is 2. The van der Waals surface area contributed by atoms with Crippen LogP contribution in [0.4, 0.5) is 16.0 Å². The fourth-order valence-corrected chi connectivity index (χ4v) is 4.70. The molecule has 5 rings (SSSR count). The van der Waals surface area contributed by atoms with Crippen LogP contribution in [0.1, 0.15) is 25.7 Å². The van der Waals surface area contributed by atoms with Gasteiger partial charge in [0.05, 0.1) is 16.9 Å². The number of carbonyl (C=O) groups is 1. The monoisotopic (exact) mass is 505 g/mol. The SMILES string of the molecule is C=CC(=O)Nc1ccc(O[C@@H]2CCC[C@@H](Nc3ncc(Cl)c(-c4c[nH]c5ccccc45)n3)C2)c(F)c1. The fraction of sp³-hybridized carbons (Fsp3) is 0.222. The molecule has 184 valence electrons. The van der Waals surface area contributed by atoms with Gasteiger partial charge in [0, 0.05) is 46.9 Å². The van der Waals surface area contributed by atoms with Crippen LogP contribution in [0.5, 0.6) is 5.75 Å². The topological polar surface area (TPSA) is 91.9 Å². The lowest BCUT2D eigenvalue weighted by Crippen LogP contribution is -2.33. The number of amides is 1. The number of aromatic nitrogens is 3. The van der Waals surface area contributed by atoms with Crippen LogP contribution in [-0.4, -0.2) is 33.0 Å². The number of nitrogens with zero attached hydrogens (tertiary/aromatic N) is 2. The average molecular weight is 506 g/mol. The quantitative estimate of drug-likeness (QED) is 0.255. The van der Waals surface area contributed by atoms with E-state index in [9.17, 15) is 9.18 Å². The Morgan fingerprint density at radius 2 is 2.11 bits per heavy atom. The number of H-pyrrole nitrogens is 1. The van der Waals surface area contributed by atoms with Crippen molar-refractivity contribution in [3.05, 3.63) is 78.4 Å². The molecule has 2 aromatic heterocycles. The third-order valence-corrected chi connectivity index (χ3v) is 6.50. The van der Waals surface area contributed by atoms with Gasteiger partial charge in [-0.25, -0.2) is 14.4 Å². The van der Waals surface area contributed by atoms with Crippen LogP contribution in [0, 0.1) is 5.82 Å². The zero-order valence-corrected chi connectivity index (χ0v) is 20.2. The molecule has 1 fully saturated rings. The average Bonchev–Trinajstić information content (AvgIpc) is 3.31. The number of ether oxygens (including phenoxy) is 1. The number of benzene rings is 2. The number of carbonyl (C=O) groups excluding carboxylic acids is 1. The Morgan fingerprint density at radius 1 is 1.25 bits per heavy atom. The van der Waals surface area contributed by atoms with Crippen molar-refractivity contribution in [2.75, 3.05) is 10.6 Å². The van der Waals surface area contributed by atoms with Crippen LogP contribution in [0.25, 0.3) is 22.2 Å². The highest BCUT2D eigenvalue weighted by Gasteiger charge is 2.25. The van der Waals surface area contributed by atoms with E-state index in [0.717, 1.165) is 41.8 Å². The van der Waals surface area contributed by atoms with Gasteiger partial charge in [0.2, 0.25) is 11.9 Å². The molecule has 0 unspecified atom stereocenters. The maximum absolute atomic E-state index is 14.6. The van der Waals surface area contributed by atoms with Gasteiger partial charge in [-0.1, -0.05) is 36.4 Å². The lowest BCUT2D eigenvalue weighted by atomic mass is 9.93. The maximum Gasteiger partial charge on any atom is 0.247 e. The van der Waals surface area contributed by atoms with Gasteiger partial charge in [-0.15, -0.1) is 0 Å². The summed E-state index contributed by atoms with van der Waals surface area (Å²) in [5.41, 5.74) is 2.92. The normalized spacial score (nSPS) is 17.5. The van der Waals surface area contributed by atoms with Crippen LogP contribution in [0.3, 0.4) is 0 Å². The number of hydrogen-bond acceptors (Lipinski definition) is 5. The molecular weight excluding hydrogens is 481 g/mol. The lowest BCUT2D eigenvalue weighted by Gasteiger charge is -2.30. The number of rotatable bonds is 7. The van der Waals surface area contributed by atoms with Gasteiger partial charge in [-0.05, 0) is 43.5 Å². The van der Waals surface area contributed by atoms with E-state index in [4.69, 9.17) is 21.3 Å². The largest absolute Gasteiger partial charge is 0.487 e. The molecule has 0 aliphatic heterocycles. The highest BCUT2D eigenvalue weighted by atomic mass is 35.5. The number of nitrogens with one attached hydrogen (secondary N) is 3. The zero-order valence-electron chi connectivity index (χ0n) is 19.4. The van der Waals surface area contributed by atoms with E-state index in [1.165, 1.54) is 12.1 Å². The van der Waals surface area contributed by atoms with E-state index in [1.54, 1.807) is 12.3 Å². The van der Waals surface area contributed by atoms with Crippen LogP contribution >= 0.6 is 11.6 Å². The summed E-state index contributed by atoms with van der Waals surface area (Å²) in [6.07, 6.45) is 7.79. The van der Waals surface area contributed by atoms with Gasteiger partial charge in [-0.3, -0.25) is 4.79 Å². The molecule has 7 nitrogen and oxygen atoms in total. The van der Waals surface area contributed by atoms with Gasteiger partial charge < -0.3 is 20.4 Å². The highest BCUT2D eigenvalue weighted by Crippen LogP contribution is 2.33. The molecule has 1 aliphatic rings. The first-order valence-corrected chi connectivity index (χ1v) is 12.1. The Bertz CT molecular complexity index is 1420. The summed E-state index contributed by atoms with van der Waals surface area (Å²) in [4.78, 5) is 23.8. The van der Waals surface area contributed by atoms with Crippen LogP contribution in [0.2, 0.25) is 5.02 Å². The van der Waals surface area contributed by atoms with Crippen LogP contribution in [0.15, 0.2) is 67.5 Å². The number of fused-ring (bicyclic) bond motifs is 1. The molecule has 0 radical (unpaired) electrons. The molecule has 1 saturated carbocycles. The molecule has 0 bridgehead atoms. The maximum atomic E-state index is 14.6. The summed E-state index contributed by atoms with van der Waals surface area (Å²) in [6.45, 7) is 3.39. The van der Waals surface area contributed by atoms with Crippen molar-refractivity contribution in [1.29, 1.82) is 0 Å². The van der Waals surface area contributed by atoms with Crippen LogP contribution in [-0.2, 0) is 4.79 Å². The Balaban J connectivity index is 1.27. The molecule has 1 aliphatic carbocycles. The van der Waals surface area contributed by atoms with E-state index in [2.05, 4.69) is 27.2 Å². The van der Waals surface area contributed by atoms with E-state index in [1.807, 2.05) is 30.5 Å². The van der Waals surface area contributed by atoms with E-state index < -0.39 is 11.7 Å². The standard InChI is InChI=1S/C27H25ClFN5O2/c1-2-25(35)32-17-10-11-24(22(29)13-17)36-18-7-5-6-16(12-18)33-27-31-15-21(28)26(34-27)20-14-30-23-9-4-3-8-19(20)23/h2-4,8-11,13-16,18,30H,1,5-7,12H2,(H,32,35)(H,31,33,34)/t16-,18-/m1/s1. The first kappa shape index (κ1) is 23.8. The Kier molecular flexibility index (Phi) is 6.86. The summed E-state index contributed by atoms with van der Waals surface area (Å²) in [5, 5.41) is 7.45. The lowest BCUT2D eigenvalue weighted by molar-refractivity contribution is -0.111. The van der Waals surface area contributed by atoms with Crippen molar-refractivity contribution in [3.63, 3.8) is 0 Å². The van der Waals surface area contributed by atoms with Crippen LogP contribution < -0.4 is 15.4 Å². The minimum atomic E-state index is -0.531. The predicted molar refractivity (Wildman–Crippen MR) is 140 cm³/mol. The molecule has 0 saturated heterocycles. The Morgan fingerprint density at radius 3 is 2.94 bits per heavy atom. The first-order valence-electron chi connectivity index (χ1n) is 11.8. The molecule has 1 amide bonds. The second-order valence-corrected chi connectivity index (χ2v) is 9.13. The summed E-state index contributed by atoms with van der Waals surface area (Å²) in [5.74, 6) is -0.293. The smallest absolute Gasteiger partial charge is 0.247 e. The summed E-state index contributed by atoms with van der Waals surface area (Å²) in [6, 6.07) is 12.4. The second kappa shape index (κ2) is 10.4. The van der Waals surface area contributed by atoms with Crippen molar-refractivity contribution >= 4 is 40.0 Å². The summed E-state index contributed by atoms with van der Waals surface area (Å²) in [7, 11) is 0. The van der Waals surface area contributed by atoms with Gasteiger partial charge in [0.25, 0.3) is 0 Å². The van der Waals surface area contributed by atoms with Gasteiger partial charge in [-0.2, -0.15) is 0 Å². The first-order chi connectivity index (χ1) is 17.5.